The average Bonchev–Trinajstić information content (AvgIpc) is 2.83. The zero-order valence-electron chi connectivity index (χ0n) is 17.0. The van der Waals surface area contributed by atoms with Crippen LogP contribution in [0.15, 0.2) is 84.9 Å². The molecule has 0 radical (unpaired) electrons. The van der Waals surface area contributed by atoms with Crippen molar-refractivity contribution in [2.45, 2.75) is 6.92 Å². The Morgan fingerprint density at radius 3 is 1.59 bits per heavy atom. The molecule has 1 N–H and O–H groups in total. The van der Waals surface area contributed by atoms with Gasteiger partial charge in [-0.1, -0.05) is 78.4 Å². The Balaban J connectivity index is 2.07. The van der Waals surface area contributed by atoms with Crippen LogP contribution in [0.4, 0.5) is 28.9 Å². The van der Waals surface area contributed by atoms with Gasteiger partial charge in [0.2, 0.25) is 0 Å². The highest BCUT2D eigenvalue weighted by Crippen LogP contribution is 2.47. The second kappa shape index (κ2) is 8.64. The van der Waals surface area contributed by atoms with Crippen molar-refractivity contribution in [3.05, 3.63) is 114 Å². The molecule has 0 saturated carbocycles. The van der Waals surface area contributed by atoms with Gasteiger partial charge < -0.3 is 9.88 Å². The van der Waals surface area contributed by atoms with Crippen molar-refractivity contribution in [1.29, 1.82) is 0 Å². The van der Waals surface area contributed by atoms with Gasteiger partial charge in [-0.15, -0.1) is 0 Å². The Morgan fingerprint density at radius 1 is 0.625 bits per heavy atom. The first kappa shape index (κ1) is 21.8. The molecule has 0 aliphatic heterocycles. The summed E-state index contributed by atoms with van der Waals surface area (Å²) in [6, 6.07) is 22.2. The molecule has 4 aromatic rings. The minimum absolute atomic E-state index is 0.155. The molecule has 4 rings (SSSR count). The monoisotopic (exact) mass is 455 g/mol. The largest absolute Gasteiger partial charge is 0.352 e. The van der Waals surface area contributed by atoms with E-state index in [-0.39, 0.29) is 10.6 Å². The van der Waals surface area contributed by atoms with Gasteiger partial charge in [-0.25, -0.2) is 17.6 Å². The molecular formula is C25H18F4NOP. The zero-order valence-corrected chi connectivity index (χ0v) is 17.8. The molecule has 0 unspecified atom stereocenters. The molecule has 2 nitrogen and oxygen atoms in total. The van der Waals surface area contributed by atoms with Crippen molar-refractivity contribution in [1.82, 2.24) is 0 Å². The molecule has 0 saturated heterocycles. The first-order valence-corrected chi connectivity index (χ1v) is 11.5. The lowest BCUT2D eigenvalue weighted by Crippen LogP contribution is -2.31. The molecule has 0 heterocycles. The van der Waals surface area contributed by atoms with Crippen LogP contribution in [0.5, 0.6) is 0 Å². The average molecular weight is 455 g/mol. The number of hydrogen-bond acceptors (Lipinski definition) is 2. The molecule has 32 heavy (non-hydrogen) atoms. The number of halogens is 4. The highest BCUT2D eigenvalue weighted by atomic mass is 31.2. The number of rotatable bonds is 5. The van der Waals surface area contributed by atoms with Gasteiger partial charge in [0, 0.05) is 16.3 Å². The lowest BCUT2D eigenvalue weighted by atomic mass is 10.2. The van der Waals surface area contributed by atoms with E-state index in [0.29, 0.717) is 5.69 Å². The summed E-state index contributed by atoms with van der Waals surface area (Å²) in [7, 11) is -4.16. The molecule has 7 heteroatoms. The normalized spacial score (nSPS) is 11.4. The van der Waals surface area contributed by atoms with Gasteiger partial charge in [-0.05, 0) is 19.1 Å². The second-order valence-corrected chi connectivity index (χ2v) is 9.95. The van der Waals surface area contributed by atoms with Crippen LogP contribution in [0.2, 0.25) is 0 Å². The molecule has 0 aliphatic rings. The van der Waals surface area contributed by atoms with E-state index < -0.39 is 41.4 Å². The van der Waals surface area contributed by atoms with Crippen molar-refractivity contribution in [3.8, 4) is 0 Å². The third kappa shape index (κ3) is 3.71. The van der Waals surface area contributed by atoms with Crippen LogP contribution in [-0.2, 0) is 4.57 Å². The maximum Gasteiger partial charge on any atom is 0.199 e. The molecule has 0 fully saturated rings. The van der Waals surface area contributed by atoms with E-state index >= 15 is 8.78 Å². The lowest BCUT2D eigenvalue weighted by Gasteiger charge is -2.24. The Kier molecular flexibility index (Phi) is 5.90. The van der Waals surface area contributed by atoms with Crippen molar-refractivity contribution in [3.63, 3.8) is 0 Å². The van der Waals surface area contributed by atoms with Gasteiger partial charge in [0.05, 0.1) is 11.0 Å². The Hall–Kier alpha value is -3.37. The molecule has 4 aromatic carbocycles. The van der Waals surface area contributed by atoms with E-state index in [1.54, 1.807) is 60.7 Å². The van der Waals surface area contributed by atoms with Crippen LogP contribution >= 0.6 is 7.14 Å². The molecule has 0 atom stereocenters. The topological polar surface area (TPSA) is 29.1 Å². The van der Waals surface area contributed by atoms with E-state index in [1.165, 1.54) is 24.3 Å². The number of benzene rings is 4. The summed E-state index contributed by atoms with van der Waals surface area (Å²) < 4.78 is 73.7. The third-order valence-electron chi connectivity index (χ3n) is 5.12. The molecule has 0 bridgehead atoms. The smallest absolute Gasteiger partial charge is 0.199 e. The van der Waals surface area contributed by atoms with Crippen molar-refractivity contribution >= 4 is 34.4 Å². The fourth-order valence-electron chi connectivity index (χ4n) is 3.49. The van der Waals surface area contributed by atoms with Crippen LogP contribution in [0, 0.1) is 30.2 Å². The van der Waals surface area contributed by atoms with Crippen LogP contribution in [0.3, 0.4) is 0 Å². The molecule has 0 aromatic heterocycles. The van der Waals surface area contributed by atoms with E-state index in [1.807, 2.05) is 6.92 Å². The number of aryl methyl sites for hydroxylation is 1. The van der Waals surface area contributed by atoms with Crippen LogP contribution in [0.25, 0.3) is 0 Å². The summed E-state index contributed by atoms with van der Waals surface area (Å²) in [6.07, 6.45) is 0. The summed E-state index contributed by atoms with van der Waals surface area (Å²) in [4.78, 5) is 0. The van der Waals surface area contributed by atoms with Gasteiger partial charge in [0.1, 0.15) is 0 Å². The Morgan fingerprint density at radius 2 is 1.09 bits per heavy atom. The van der Waals surface area contributed by atoms with Gasteiger partial charge in [0.15, 0.2) is 30.4 Å². The minimum Gasteiger partial charge on any atom is -0.352 e. The van der Waals surface area contributed by atoms with Crippen LogP contribution in [-0.4, -0.2) is 0 Å². The van der Waals surface area contributed by atoms with Crippen molar-refractivity contribution in [2.75, 3.05) is 5.32 Å². The molecule has 0 aliphatic carbocycles. The van der Waals surface area contributed by atoms with Crippen molar-refractivity contribution in [2.24, 2.45) is 0 Å². The summed E-state index contributed by atoms with van der Waals surface area (Å²) in [5, 5.41) is 2.18. The predicted molar refractivity (Wildman–Crippen MR) is 120 cm³/mol. The Labute approximate surface area is 182 Å². The third-order valence-corrected chi connectivity index (χ3v) is 8.22. The van der Waals surface area contributed by atoms with E-state index in [0.717, 1.165) is 5.56 Å². The zero-order chi connectivity index (χ0) is 22.9. The molecule has 0 spiro atoms. The lowest BCUT2D eigenvalue weighted by molar-refractivity contribution is 0.414. The number of nitrogens with one attached hydrogen (secondary N) is 1. The fraction of sp³-hybridized carbons (Fsp3) is 0.0400. The highest BCUT2D eigenvalue weighted by Gasteiger charge is 2.39. The van der Waals surface area contributed by atoms with Crippen molar-refractivity contribution < 1.29 is 22.1 Å². The molecule has 162 valence electrons. The summed E-state index contributed by atoms with van der Waals surface area (Å²) in [5.74, 6) is -7.34. The summed E-state index contributed by atoms with van der Waals surface area (Å²) in [6.45, 7) is 1.84. The predicted octanol–water partition coefficient (Wildman–Crippen LogP) is 5.93. The van der Waals surface area contributed by atoms with Crippen LogP contribution < -0.4 is 21.2 Å². The Bertz CT molecular complexity index is 1270. The van der Waals surface area contributed by atoms with Crippen LogP contribution in [0.1, 0.15) is 5.56 Å². The summed E-state index contributed by atoms with van der Waals surface area (Å²) in [5.41, 5.74) is 0.502. The van der Waals surface area contributed by atoms with Gasteiger partial charge in [-0.3, -0.25) is 0 Å². The maximum atomic E-state index is 15.3. The minimum atomic E-state index is -4.16. The number of hydrogen-bond donors (Lipinski definition) is 1. The van der Waals surface area contributed by atoms with Gasteiger partial charge in [-0.2, -0.15) is 0 Å². The second-order valence-electron chi connectivity index (χ2n) is 7.25. The SMILES string of the molecule is Cc1ccc(Nc2c(F)c(F)c(F)c(F)c2P(=O)(c2ccccc2)c2ccccc2)cc1. The number of anilines is 2. The van der Waals surface area contributed by atoms with Gasteiger partial charge in [0.25, 0.3) is 0 Å². The standard InChI is InChI=1S/C25H18F4NOP/c1-16-12-14-17(15-13-16)30-24-22(28)20(26)21(27)23(29)25(24)32(31,18-8-4-2-5-9-18)19-10-6-3-7-11-19/h2-15,30H,1H3. The molecular weight excluding hydrogens is 437 g/mol. The fourth-order valence-corrected chi connectivity index (χ4v) is 6.34. The summed E-state index contributed by atoms with van der Waals surface area (Å²) >= 11 is 0. The van der Waals surface area contributed by atoms with E-state index in [2.05, 4.69) is 5.32 Å². The highest BCUT2D eigenvalue weighted by molar-refractivity contribution is 7.85. The van der Waals surface area contributed by atoms with E-state index in [4.69, 9.17) is 0 Å². The maximum absolute atomic E-state index is 15.3. The van der Waals surface area contributed by atoms with E-state index in [9.17, 15) is 13.3 Å². The first-order chi connectivity index (χ1) is 15.3. The first-order valence-electron chi connectivity index (χ1n) is 9.75. The quantitative estimate of drug-likeness (QED) is 0.175. The molecule has 0 amide bonds. The van der Waals surface area contributed by atoms with Gasteiger partial charge >= 0.3 is 0 Å².